The lowest BCUT2D eigenvalue weighted by Crippen LogP contribution is -2.18. The van der Waals surface area contributed by atoms with E-state index in [2.05, 4.69) is 6.08 Å². The Bertz CT molecular complexity index is 383. The first-order valence-electron chi connectivity index (χ1n) is 4.10. The van der Waals surface area contributed by atoms with Gasteiger partial charge in [0.25, 0.3) is 0 Å². The lowest BCUT2D eigenvalue weighted by Gasteiger charge is -2.04. The maximum absolute atomic E-state index is 8.54. The van der Waals surface area contributed by atoms with Crippen LogP contribution in [0.25, 0.3) is 6.08 Å². The highest BCUT2D eigenvalue weighted by molar-refractivity contribution is 5.96. The van der Waals surface area contributed by atoms with Crippen LogP contribution in [0.15, 0.2) is 24.3 Å². The zero-order valence-corrected chi connectivity index (χ0v) is 7.04. The molecule has 3 N–H and O–H groups in total. The molecule has 66 valence electrons. The zero-order valence-electron chi connectivity index (χ0n) is 7.04. The Kier molecular flexibility index (Phi) is 1.87. The van der Waals surface area contributed by atoms with Gasteiger partial charge in [-0.15, -0.1) is 0 Å². The van der Waals surface area contributed by atoms with Crippen LogP contribution in [-0.4, -0.2) is 11.0 Å². The van der Waals surface area contributed by atoms with Crippen LogP contribution in [0.1, 0.15) is 16.7 Å². The van der Waals surface area contributed by atoms with Crippen molar-refractivity contribution >= 4 is 11.9 Å². The topological polar surface area (TPSA) is 56.1 Å². The van der Waals surface area contributed by atoms with E-state index >= 15 is 0 Å². The van der Waals surface area contributed by atoms with Gasteiger partial charge in [-0.2, -0.15) is 0 Å². The van der Waals surface area contributed by atoms with Crippen molar-refractivity contribution in [3.8, 4) is 0 Å². The number of amidine groups is 1. The van der Waals surface area contributed by atoms with Gasteiger partial charge in [0, 0.05) is 5.56 Å². The highest BCUT2D eigenvalue weighted by atomic mass is 16.5. The fraction of sp³-hybridized carbons (Fsp3) is 0.100. The standard InChI is InChI=1S/C10H10N2O/c11-10(12-13)9-5-4-7-2-1-3-8(7)6-9/h1,3-6,13H,2H2,(H2,11,12). The maximum atomic E-state index is 8.54. The second-order valence-electron chi connectivity index (χ2n) is 3.01. The quantitative estimate of drug-likeness (QED) is 0.344. The molecular formula is C10H10N2O. The minimum atomic E-state index is 0.0306. The zero-order chi connectivity index (χ0) is 9.26. The van der Waals surface area contributed by atoms with Crippen molar-refractivity contribution in [3.63, 3.8) is 0 Å². The molecule has 13 heavy (non-hydrogen) atoms. The van der Waals surface area contributed by atoms with Crippen molar-refractivity contribution in [1.29, 1.82) is 5.41 Å². The Balaban J connectivity index is 2.40. The molecule has 0 aliphatic heterocycles. The lowest BCUT2D eigenvalue weighted by atomic mass is 10.1. The molecule has 1 aliphatic rings. The largest absolute Gasteiger partial charge is 0.290 e. The van der Waals surface area contributed by atoms with E-state index in [0.717, 1.165) is 12.0 Å². The molecule has 3 nitrogen and oxygen atoms in total. The van der Waals surface area contributed by atoms with Gasteiger partial charge in [0.1, 0.15) is 5.84 Å². The number of benzene rings is 1. The molecule has 0 aromatic heterocycles. The third-order valence-corrected chi connectivity index (χ3v) is 2.18. The Morgan fingerprint density at radius 3 is 3.08 bits per heavy atom. The van der Waals surface area contributed by atoms with E-state index in [4.69, 9.17) is 10.6 Å². The van der Waals surface area contributed by atoms with Crippen LogP contribution in [0.4, 0.5) is 0 Å². The molecule has 0 bridgehead atoms. The number of fused-ring (bicyclic) bond motifs is 1. The van der Waals surface area contributed by atoms with Crippen molar-refractivity contribution < 1.29 is 5.21 Å². The molecule has 1 aliphatic carbocycles. The van der Waals surface area contributed by atoms with Gasteiger partial charge >= 0.3 is 0 Å². The van der Waals surface area contributed by atoms with Crippen LogP contribution < -0.4 is 5.48 Å². The second kappa shape index (κ2) is 3.03. The molecule has 1 aromatic carbocycles. The van der Waals surface area contributed by atoms with E-state index in [9.17, 15) is 0 Å². The number of hydrogen-bond acceptors (Lipinski definition) is 2. The van der Waals surface area contributed by atoms with Gasteiger partial charge < -0.3 is 0 Å². The van der Waals surface area contributed by atoms with E-state index in [-0.39, 0.29) is 5.84 Å². The SMILES string of the molecule is N=C(NO)c1ccc2c(c1)C=CC2. The average Bonchev–Trinajstić information content (AvgIpc) is 2.63. The smallest absolute Gasteiger partial charge is 0.149 e. The first-order chi connectivity index (χ1) is 6.31. The van der Waals surface area contributed by atoms with Crippen LogP contribution in [0, 0.1) is 5.41 Å². The van der Waals surface area contributed by atoms with Crippen molar-refractivity contribution in [2.45, 2.75) is 6.42 Å². The molecule has 2 rings (SSSR count). The molecule has 3 heteroatoms. The molecule has 0 unspecified atom stereocenters. The number of allylic oxidation sites excluding steroid dienone is 1. The summed E-state index contributed by atoms with van der Waals surface area (Å²) >= 11 is 0. The highest BCUT2D eigenvalue weighted by Gasteiger charge is 2.07. The summed E-state index contributed by atoms with van der Waals surface area (Å²) in [6.07, 6.45) is 5.09. The Morgan fingerprint density at radius 1 is 1.46 bits per heavy atom. The summed E-state index contributed by atoms with van der Waals surface area (Å²) in [6.45, 7) is 0. The lowest BCUT2D eigenvalue weighted by molar-refractivity contribution is 0.234. The number of nitrogens with one attached hydrogen (secondary N) is 2. The summed E-state index contributed by atoms with van der Waals surface area (Å²) in [4.78, 5) is 0. The molecular weight excluding hydrogens is 164 g/mol. The van der Waals surface area contributed by atoms with Crippen molar-refractivity contribution in [3.05, 3.63) is 41.0 Å². The minimum Gasteiger partial charge on any atom is -0.290 e. The normalized spacial score (nSPS) is 12.7. The molecule has 0 radical (unpaired) electrons. The molecule has 0 atom stereocenters. The van der Waals surface area contributed by atoms with Crippen LogP contribution in [0.3, 0.4) is 0 Å². The first-order valence-corrected chi connectivity index (χ1v) is 4.10. The van der Waals surface area contributed by atoms with Crippen LogP contribution >= 0.6 is 0 Å². The summed E-state index contributed by atoms with van der Waals surface area (Å²) in [7, 11) is 0. The van der Waals surface area contributed by atoms with Crippen LogP contribution in [0.2, 0.25) is 0 Å². The van der Waals surface area contributed by atoms with E-state index in [1.165, 1.54) is 5.56 Å². The molecule has 0 spiro atoms. The fourth-order valence-corrected chi connectivity index (χ4v) is 1.47. The number of rotatable bonds is 1. The third kappa shape index (κ3) is 1.34. The van der Waals surface area contributed by atoms with E-state index in [1.807, 2.05) is 29.8 Å². The van der Waals surface area contributed by atoms with Gasteiger partial charge in [-0.05, 0) is 23.6 Å². The second-order valence-corrected chi connectivity index (χ2v) is 3.01. The van der Waals surface area contributed by atoms with Gasteiger partial charge in [-0.3, -0.25) is 16.1 Å². The summed E-state index contributed by atoms with van der Waals surface area (Å²) in [5.74, 6) is 0.0306. The molecule has 0 amide bonds. The first kappa shape index (κ1) is 8.01. The molecule has 1 aromatic rings. The molecule has 0 fully saturated rings. The van der Waals surface area contributed by atoms with Crippen molar-refractivity contribution in [2.24, 2.45) is 0 Å². The van der Waals surface area contributed by atoms with E-state index in [0.29, 0.717) is 5.56 Å². The van der Waals surface area contributed by atoms with E-state index < -0.39 is 0 Å². The van der Waals surface area contributed by atoms with Crippen LogP contribution in [-0.2, 0) is 6.42 Å². The minimum absolute atomic E-state index is 0.0306. The third-order valence-electron chi connectivity index (χ3n) is 2.18. The Morgan fingerprint density at radius 2 is 2.31 bits per heavy atom. The van der Waals surface area contributed by atoms with Gasteiger partial charge in [0.15, 0.2) is 0 Å². The fourth-order valence-electron chi connectivity index (χ4n) is 1.47. The predicted molar refractivity (Wildman–Crippen MR) is 50.9 cm³/mol. The Hall–Kier alpha value is -1.61. The van der Waals surface area contributed by atoms with Gasteiger partial charge in [0.2, 0.25) is 0 Å². The summed E-state index contributed by atoms with van der Waals surface area (Å²) < 4.78 is 0. The van der Waals surface area contributed by atoms with Crippen LogP contribution in [0.5, 0.6) is 0 Å². The number of hydroxylamine groups is 1. The highest BCUT2D eigenvalue weighted by Crippen LogP contribution is 2.20. The Labute approximate surface area is 76.2 Å². The molecule has 0 saturated carbocycles. The summed E-state index contributed by atoms with van der Waals surface area (Å²) in [6, 6.07) is 5.71. The number of hydrogen-bond donors (Lipinski definition) is 3. The summed E-state index contributed by atoms with van der Waals surface area (Å²) in [5, 5.41) is 15.9. The van der Waals surface area contributed by atoms with E-state index in [1.54, 1.807) is 0 Å². The predicted octanol–water partition coefficient (Wildman–Crippen LogP) is 1.56. The maximum Gasteiger partial charge on any atom is 0.149 e. The molecule has 0 saturated heterocycles. The average molecular weight is 174 g/mol. The summed E-state index contributed by atoms with van der Waals surface area (Å²) in [5.41, 5.74) is 4.94. The van der Waals surface area contributed by atoms with Gasteiger partial charge in [0.05, 0.1) is 0 Å². The van der Waals surface area contributed by atoms with Crippen molar-refractivity contribution in [2.75, 3.05) is 0 Å². The molecule has 0 heterocycles. The van der Waals surface area contributed by atoms with Crippen molar-refractivity contribution in [1.82, 2.24) is 5.48 Å². The monoisotopic (exact) mass is 174 g/mol. The van der Waals surface area contributed by atoms with Gasteiger partial charge in [-0.1, -0.05) is 24.3 Å². The van der Waals surface area contributed by atoms with Gasteiger partial charge in [-0.25, -0.2) is 0 Å².